The van der Waals surface area contributed by atoms with Crippen LogP contribution in [-0.2, 0) is 11.2 Å². The summed E-state index contributed by atoms with van der Waals surface area (Å²) >= 11 is 0. The van der Waals surface area contributed by atoms with Crippen molar-refractivity contribution in [2.75, 3.05) is 11.9 Å². The Hall–Kier alpha value is -4.39. The van der Waals surface area contributed by atoms with Gasteiger partial charge in [-0.25, -0.2) is 9.78 Å². The second-order valence-electron chi connectivity index (χ2n) is 8.06. The van der Waals surface area contributed by atoms with Crippen LogP contribution in [0.3, 0.4) is 0 Å². The second-order valence-corrected chi connectivity index (χ2v) is 8.06. The van der Waals surface area contributed by atoms with E-state index >= 15 is 0 Å². The third-order valence-electron chi connectivity index (χ3n) is 5.37. The van der Waals surface area contributed by atoms with Crippen molar-refractivity contribution in [3.63, 3.8) is 0 Å². The van der Waals surface area contributed by atoms with Crippen LogP contribution in [0, 0.1) is 0 Å². The molecule has 2 N–H and O–H groups in total. The number of amides is 1. The number of benzene rings is 3. The molecule has 0 atom stereocenters. The molecule has 1 heterocycles. The number of nitrogens with one attached hydrogen (secondary N) is 1. The first-order valence-corrected chi connectivity index (χ1v) is 11.4. The van der Waals surface area contributed by atoms with Crippen molar-refractivity contribution in [1.29, 1.82) is 0 Å². The van der Waals surface area contributed by atoms with E-state index in [9.17, 15) is 14.7 Å². The van der Waals surface area contributed by atoms with Crippen molar-refractivity contribution < 1.29 is 24.2 Å². The van der Waals surface area contributed by atoms with Crippen LogP contribution in [-0.4, -0.2) is 28.6 Å². The summed E-state index contributed by atoms with van der Waals surface area (Å²) in [5, 5.41) is 14.0. The Morgan fingerprint density at radius 1 is 0.943 bits per heavy atom. The van der Waals surface area contributed by atoms with Crippen molar-refractivity contribution in [2.24, 2.45) is 0 Å². The zero-order chi connectivity index (χ0) is 24.6. The lowest BCUT2D eigenvalue weighted by atomic mass is 10.1. The number of fused-ring (bicyclic) bond motifs is 1. The topological polar surface area (TPSA) is 97.8 Å². The minimum absolute atomic E-state index is 0.0401. The molecule has 3 aromatic carbocycles. The molecular weight excluding hydrogens is 444 g/mol. The van der Waals surface area contributed by atoms with Crippen LogP contribution in [0.4, 0.5) is 5.69 Å². The van der Waals surface area contributed by atoms with Gasteiger partial charge < -0.3 is 19.9 Å². The molecule has 1 aromatic heterocycles. The van der Waals surface area contributed by atoms with Gasteiger partial charge in [0.05, 0.1) is 24.3 Å². The number of carboxylic acids is 1. The number of hydrogen-bond acceptors (Lipinski definition) is 5. The maximum Gasteiger partial charge on any atom is 0.337 e. The summed E-state index contributed by atoms with van der Waals surface area (Å²) in [5.41, 5.74) is 0.976. The third kappa shape index (κ3) is 6.35. The fourth-order valence-electron chi connectivity index (χ4n) is 3.54. The number of ether oxygens (including phenoxy) is 2. The van der Waals surface area contributed by atoms with Crippen LogP contribution < -0.4 is 14.8 Å². The van der Waals surface area contributed by atoms with E-state index in [4.69, 9.17) is 9.47 Å². The van der Waals surface area contributed by atoms with E-state index in [0.29, 0.717) is 23.8 Å². The van der Waals surface area contributed by atoms with Gasteiger partial charge in [0.1, 0.15) is 11.5 Å². The highest BCUT2D eigenvalue weighted by molar-refractivity contribution is 6.01. The molecule has 0 bridgehead atoms. The monoisotopic (exact) mass is 470 g/mol. The molecule has 0 radical (unpaired) electrons. The van der Waals surface area contributed by atoms with Gasteiger partial charge in [0.15, 0.2) is 0 Å². The molecule has 178 valence electrons. The zero-order valence-corrected chi connectivity index (χ0v) is 19.4. The van der Waals surface area contributed by atoms with E-state index < -0.39 is 5.97 Å². The minimum Gasteiger partial charge on any atom is -0.494 e. The molecule has 0 spiro atoms. The fraction of sp³-hybridized carbons (Fsp3) is 0.179. The molecular formula is C28H26N2O5. The molecule has 35 heavy (non-hydrogen) atoms. The van der Waals surface area contributed by atoms with Crippen molar-refractivity contribution in [3.8, 4) is 17.4 Å². The predicted molar refractivity (Wildman–Crippen MR) is 134 cm³/mol. The smallest absolute Gasteiger partial charge is 0.337 e. The maximum atomic E-state index is 12.4. The summed E-state index contributed by atoms with van der Waals surface area (Å²) in [6.07, 6.45) is 3.75. The average Bonchev–Trinajstić information content (AvgIpc) is 2.85. The minimum atomic E-state index is -1.10. The molecule has 0 aliphatic heterocycles. The molecule has 0 fully saturated rings. The number of pyridine rings is 1. The molecule has 4 rings (SSSR count). The summed E-state index contributed by atoms with van der Waals surface area (Å²) in [5.74, 6) is 0.484. The lowest BCUT2D eigenvalue weighted by molar-refractivity contribution is -0.115. The third-order valence-corrected chi connectivity index (χ3v) is 5.37. The molecule has 0 saturated carbocycles. The number of hydrogen-bond donors (Lipinski definition) is 2. The molecule has 1 amide bonds. The summed E-state index contributed by atoms with van der Waals surface area (Å²) in [6, 6.07) is 21.5. The van der Waals surface area contributed by atoms with Gasteiger partial charge in [0, 0.05) is 12.3 Å². The van der Waals surface area contributed by atoms with E-state index in [2.05, 4.69) is 17.2 Å². The van der Waals surface area contributed by atoms with Gasteiger partial charge in [-0.15, -0.1) is 0 Å². The molecule has 0 unspecified atom stereocenters. The van der Waals surface area contributed by atoms with Gasteiger partial charge in [0.25, 0.3) is 0 Å². The Morgan fingerprint density at radius 2 is 1.69 bits per heavy atom. The number of carbonyl (C=O) groups is 2. The quantitative estimate of drug-likeness (QED) is 0.272. The Morgan fingerprint density at radius 3 is 2.40 bits per heavy atom. The second kappa shape index (κ2) is 11.2. The van der Waals surface area contributed by atoms with Gasteiger partial charge in [-0.05, 0) is 59.2 Å². The number of nitrogens with zero attached hydrogens (tertiary/aromatic N) is 1. The van der Waals surface area contributed by atoms with Crippen LogP contribution >= 0.6 is 0 Å². The van der Waals surface area contributed by atoms with Crippen molar-refractivity contribution in [3.05, 3.63) is 90.1 Å². The number of aromatic carboxylic acids is 1. The SMILES string of the molecule is CCCCOc1ccc2cc(Oc3ccc(CC(=O)Nc4ccccc4C(=O)O)cn3)ccc2c1. The first-order valence-electron chi connectivity index (χ1n) is 11.4. The summed E-state index contributed by atoms with van der Waals surface area (Å²) in [6.45, 7) is 2.84. The fourth-order valence-corrected chi connectivity index (χ4v) is 3.54. The first kappa shape index (κ1) is 23.8. The van der Waals surface area contributed by atoms with Crippen molar-refractivity contribution in [1.82, 2.24) is 4.98 Å². The Balaban J connectivity index is 1.37. The average molecular weight is 471 g/mol. The van der Waals surface area contributed by atoms with Gasteiger partial charge in [0.2, 0.25) is 11.8 Å². The van der Waals surface area contributed by atoms with Crippen LogP contribution in [0.2, 0.25) is 0 Å². The molecule has 4 aromatic rings. The normalized spacial score (nSPS) is 10.7. The highest BCUT2D eigenvalue weighted by Crippen LogP contribution is 2.27. The van der Waals surface area contributed by atoms with Gasteiger partial charge in [-0.1, -0.05) is 43.7 Å². The highest BCUT2D eigenvalue weighted by Gasteiger charge is 2.12. The van der Waals surface area contributed by atoms with Crippen molar-refractivity contribution in [2.45, 2.75) is 26.2 Å². The van der Waals surface area contributed by atoms with Gasteiger partial charge in [-0.2, -0.15) is 0 Å². The van der Waals surface area contributed by atoms with E-state index in [1.807, 2.05) is 36.4 Å². The maximum absolute atomic E-state index is 12.4. The summed E-state index contributed by atoms with van der Waals surface area (Å²) < 4.78 is 11.7. The van der Waals surface area contributed by atoms with E-state index in [-0.39, 0.29) is 23.6 Å². The number of anilines is 1. The number of para-hydroxylation sites is 1. The number of carboxylic acid groups (broad SMARTS) is 1. The standard InChI is InChI=1S/C28H26N2O5/c1-2-3-14-34-22-11-9-21-17-23(12-10-20(21)16-22)35-27-13-8-19(18-29-27)15-26(31)30-25-7-5-4-6-24(25)28(32)33/h4-13,16-18H,2-3,14-15H2,1H3,(H,30,31)(H,32,33). The lowest BCUT2D eigenvalue weighted by Gasteiger charge is -2.10. The van der Waals surface area contributed by atoms with Gasteiger partial charge >= 0.3 is 5.97 Å². The summed E-state index contributed by atoms with van der Waals surface area (Å²) in [7, 11) is 0. The first-order chi connectivity index (χ1) is 17.0. The van der Waals surface area contributed by atoms with Crippen LogP contribution in [0.5, 0.6) is 17.4 Å². The molecule has 0 aliphatic rings. The number of unbranched alkanes of at least 4 members (excludes halogenated alkanes) is 1. The van der Waals surface area contributed by atoms with Crippen LogP contribution in [0.15, 0.2) is 79.0 Å². The molecule has 0 aliphatic carbocycles. The predicted octanol–water partition coefficient (Wildman–Crippen LogP) is 6.09. The molecule has 7 heteroatoms. The van der Waals surface area contributed by atoms with Gasteiger partial charge in [-0.3, -0.25) is 4.79 Å². The Bertz CT molecular complexity index is 1340. The van der Waals surface area contributed by atoms with E-state index in [0.717, 1.165) is 29.4 Å². The van der Waals surface area contributed by atoms with Crippen LogP contribution in [0.1, 0.15) is 35.7 Å². The Kier molecular flexibility index (Phi) is 7.57. The highest BCUT2D eigenvalue weighted by atomic mass is 16.5. The van der Waals surface area contributed by atoms with Crippen molar-refractivity contribution >= 4 is 28.3 Å². The number of aromatic nitrogens is 1. The van der Waals surface area contributed by atoms with E-state index in [1.54, 1.807) is 36.5 Å². The van der Waals surface area contributed by atoms with Crippen LogP contribution in [0.25, 0.3) is 10.8 Å². The number of carbonyl (C=O) groups excluding carboxylic acids is 1. The summed E-state index contributed by atoms with van der Waals surface area (Å²) in [4.78, 5) is 28.0. The number of rotatable bonds is 10. The zero-order valence-electron chi connectivity index (χ0n) is 19.4. The molecule has 7 nitrogen and oxygen atoms in total. The Labute approximate surface area is 203 Å². The largest absolute Gasteiger partial charge is 0.494 e. The lowest BCUT2D eigenvalue weighted by Crippen LogP contribution is -2.16. The van der Waals surface area contributed by atoms with E-state index in [1.165, 1.54) is 6.07 Å². The molecule has 0 saturated heterocycles.